The Labute approximate surface area is 138 Å². The lowest BCUT2D eigenvalue weighted by atomic mass is 10.2. The molecule has 1 fully saturated rings. The van der Waals surface area contributed by atoms with Crippen LogP contribution < -0.4 is 5.63 Å². The molecular weight excluding hydrogens is 308 g/mol. The summed E-state index contributed by atoms with van der Waals surface area (Å²) >= 11 is 0. The third-order valence-electron chi connectivity index (χ3n) is 4.55. The average molecular weight is 326 g/mol. The summed E-state index contributed by atoms with van der Waals surface area (Å²) in [5.41, 5.74) is 0.732. The van der Waals surface area contributed by atoms with E-state index in [1.165, 1.54) is 6.20 Å². The summed E-state index contributed by atoms with van der Waals surface area (Å²) in [5, 5.41) is 5.45. The maximum atomic E-state index is 12.6. The molecule has 0 atom stereocenters. The SMILES string of the molecule is CN1CCN(C(=O)Cn2ncc3c(=O)oc4ccccc4c32)CC1. The van der Waals surface area contributed by atoms with Crippen LogP contribution in [0.15, 0.2) is 39.7 Å². The first-order valence-electron chi connectivity index (χ1n) is 7.97. The van der Waals surface area contributed by atoms with Crippen molar-refractivity contribution in [3.8, 4) is 0 Å². The van der Waals surface area contributed by atoms with E-state index in [0.29, 0.717) is 16.5 Å². The molecule has 1 saturated heterocycles. The van der Waals surface area contributed by atoms with Gasteiger partial charge in [-0.05, 0) is 19.2 Å². The maximum Gasteiger partial charge on any atom is 0.347 e. The van der Waals surface area contributed by atoms with Gasteiger partial charge in [0.15, 0.2) is 0 Å². The van der Waals surface area contributed by atoms with Crippen molar-refractivity contribution in [2.45, 2.75) is 6.54 Å². The van der Waals surface area contributed by atoms with Crippen molar-refractivity contribution < 1.29 is 9.21 Å². The zero-order chi connectivity index (χ0) is 16.7. The van der Waals surface area contributed by atoms with Crippen LogP contribution in [-0.4, -0.2) is 58.7 Å². The summed E-state index contributed by atoms with van der Waals surface area (Å²) in [6, 6.07) is 7.31. The lowest BCUT2D eigenvalue weighted by Gasteiger charge is -2.32. The Morgan fingerprint density at radius 3 is 2.71 bits per heavy atom. The fraction of sp³-hybridized carbons (Fsp3) is 0.353. The zero-order valence-electron chi connectivity index (χ0n) is 13.4. The molecule has 1 aliphatic rings. The van der Waals surface area contributed by atoms with E-state index in [1.807, 2.05) is 30.1 Å². The van der Waals surface area contributed by atoms with E-state index in [2.05, 4.69) is 10.00 Å². The molecule has 1 aliphatic heterocycles. The van der Waals surface area contributed by atoms with Crippen molar-refractivity contribution in [3.63, 3.8) is 0 Å². The molecule has 2 aromatic heterocycles. The topological polar surface area (TPSA) is 71.6 Å². The quantitative estimate of drug-likeness (QED) is 0.655. The molecule has 0 N–H and O–H groups in total. The first-order chi connectivity index (χ1) is 11.6. The number of nitrogens with zero attached hydrogens (tertiary/aromatic N) is 4. The zero-order valence-corrected chi connectivity index (χ0v) is 13.4. The fourth-order valence-electron chi connectivity index (χ4n) is 3.13. The predicted octanol–water partition coefficient (Wildman–Crippen LogP) is 0.917. The van der Waals surface area contributed by atoms with Crippen LogP contribution in [0.4, 0.5) is 0 Å². The lowest BCUT2D eigenvalue weighted by molar-refractivity contribution is -0.133. The van der Waals surface area contributed by atoms with Gasteiger partial charge >= 0.3 is 5.63 Å². The molecule has 7 nitrogen and oxygen atoms in total. The monoisotopic (exact) mass is 326 g/mol. The van der Waals surface area contributed by atoms with Crippen molar-refractivity contribution in [3.05, 3.63) is 40.9 Å². The molecule has 0 bridgehead atoms. The van der Waals surface area contributed by atoms with E-state index in [0.717, 1.165) is 31.6 Å². The molecule has 24 heavy (non-hydrogen) atoms. The Bertz CT molecular complexity index is 967. The van der Waals surface area contributed by atoms with E-state index in [-0.39, 0.29) is 12.5 Å². The van der Waals surface area contributed by atoms with Crippen LogP contribution in [0.5, 0.6) is 0 Å². The Morgan fingerprint density at radius 1 is 1.17 bits per heavy atom. The fourth-order valence-corrected chi connectivity index (χ4v) is 3.13. The lowest BCUT2D eigenvalue weighted by Crippen LogP contribution is -2.48. The standard InChI is InChI=1S/C17H18N4O3/c1-19-6-8-20(9-7-19)15(22)11-21-16-12-4-2-3-5-14(12)24-17(23)13(16)10-18-21/h2-5,10H,6-9,11H2,1H3. The molecule has 0 radical (unpaired) electrons. The summed E-state index contributed by atoms with van der Waals surface area (Å²) in [5.74, 6) is 0.0189. The average Bonchev–Trinajstić information content (AvgIpc) is 3.00. The molecule has 0 saturated carbocycles. The van der Waals surface area contributed by atoms with Gasteiger partial charge in [0.1, 0.15) is 17.5 Å². The van der Waals surface area contributed by atoms with Crippen LogP contribution in [0.25, 0.3) is 21.9 Å². The number of rotatable bonds is 2. The largest absolute Gasteiger partial charge is 0.422 e. The van der Waals surface area contributed by atoms with Crippen LogP contribution >= 0.6 is 0 Å². The van der Waals surface area contributed by atoms with Gasteiger partial charge in [0.05, 0.1) is 11.7 Å². The second-order valence-corrected chi connectivity index (χ2v) is 6.13. The first-order valence-corrected chi connectivity index (χ1v) is 7.97. The van der Waals surface area contributed by atoms with Gasteiger partial charge in [-0.15, -0.1) is 0 Å². The third-order valence-corrected chi connectivity index (χ3v) is 4.55. The molecule has 1 aromatic carbocycles. The predicted molar refractivity (Wildman–Crippen MR) is 89.9 cm³/mol. The van der Waals surface area contributed by atoms with Crippen LogP contribution in [-0.2, 0) is 11.3 Å². The highest BCUT2D eigenvalue weighted by Gasteiger charge is 2.21. The van der Waals surface area contributed by atoms with E-state index in [9.17, 15) is 9.59 Å². The van der Waals surface area contributed by atoms with E-state index in [4.69, 9.17) is 4.42 Å². The highest BCUT2D eigenvalue weighted by Crippen LogP contribution is 2.22. The van der Waals surface area contributed by atoms with Crippen molar-refractivity contribution in [2.24, 2.45) is 0 Å². The van der Waals surface area contributed by atoms with Crippen LogP contribution in [0.3, 0.4) is 0 Å². The number of aromatic nitrogens is 2. The third kappa shape index (κ3) is 2.46. The minimum Gasteiger partial charge on any atom is -0.422 e. The number of fused-ring (bicyclic) bond motifs is 3. The number of benzene rings is 1. The number of carbonyl (C=O) groups is 1. The summed E-state index contributed by atoms with van der Waals surface area (Å²) in [6.07, 6.45) is 1.48. The molecule has 1 amide bonds. The summed E-state index contributed by atoms with van der Waals surface area (Å²) in [7, 11) is 2.05. The highest BCUT2D eigenvalue weighted by atomic mass is 16.4. The summed E-state index contributed by atoms with van der Waals surface area (Å²) in [4.78, 5) is 28.7. The molecule has 0 aliphatic carbocycles. The van der Waals surface area contributed by atoms with Gasteiger partial charge in [-0.2, -0.15) is 5.10 Å². The minimum absolute atomic E-state index is 0.0189. The van der Waals surface area contributed by atoms with Gasteiger partial charge in [-0.25, -0.2) is 4.79 Å². The van der Waals surface area contributed by atoms with Crippen LogP contribution in [0, 0.1) is 0 Å². The van der Waals surface area contributed by atoms with Gasteiger partial charge in [0.25, 0.3) is 0 Å². The van der Waals surface area contributed by atoms with Crippen molar-refractivity contribution in [1.82, 2.24) is 19.6 Å². The summed E-state index contributed by atoms with van der Waals surface area (Å²) in [6.45, 7) is 3.31. The molecule has 4 rings (SSSR count). The molecular formula is C17H18N4O3. The second kappa shape index (κ2) is 5.76. The van der Waals surface area contributed by atoms with E-state index in [1.54, 1.807) is 10.7 Å². The van der Waals surface area contributed by atoms with Crippen LogP contribution in [0.2, 0.25) is 0 Å². The van der Waals surface area contributed by atoms with Gasteiger partial charge < -0.3 is 14.2 Å². The maximum absolute atomic E-state index is 12.6. The molecule has 7 heteroatoms. The van der Waals surface area contributed by atoms with Gasteiger partial charge in [-0.3, -0.25) is 9.48 Å². The number of hydrogen-bond acceptors (Lipinski definition) is 5. The number of hydrogen-bond donors (Lipinski definition) is 0. The molecule has 0 unspecified atom stereocenters. The number of para-hydroxylation sites is 1. The number of carbonyl (C=O) groups excluding carboxylic acids is 1. The Hall–Kier alpha value is -2.67. The highest BCUT2D eigenvalue weighted by molar-refractivity contribution is 6.02. The van der Waals surface area contributed by atoms with Crippen molar-refractivity contribution in [2.75, 3.05) is 33.2 Å². The van der Waals surface area contributed by atoms with Gasteiger partial charge in [0, 0.05) is 31.6 Å². The van der Waals surface area contributed by atoms with Gasteiger partial charge in [-0.1, -0.05) is 12.1 Å². The number of piperazine rings is 1. The Balaban J connectivity index is 1.72. The first kappa shape index (κ1) is 14.9. The Kier molecular flexibility index (Phi) is 3.57. The summed E-state index contributed by atoms with van der Waals surface area (Å²) < 4.78 is 6.92. The minimum atomic E-state index is -0.429. The molecule has 0 spiro atoms. The molecule has 3 aromatic rings. The smallest absolute Gasteiger partial charge is 0.347 e. The van der Waals surface area contributed by atoms with E-state index >= 15 is 0 Å². The Morgan fingerprint density at radius 2 is 1.92 bits per heavy atom. The molecule has 3 heterocycles. The van der Waals surface area contributed by atoms with E-state index < -0.39 is 5.63 Å². The second-order valence-electron chi connectivity index (χ2n) is 6.13. The van der Waals surface area contributed by atoms with Crippen LogP contribution in [0.1, 0.15) is 0 Å². The van der Waals surface area contributed by atoms with Gasteiger partial charge in [0.2, 0.25) is 5.91 Å². The number of likely N-dealkylation sites (N-methyl/N-ethyl adjacent to an activating group) is 1. The normalized spacial score (nSPS) is 16.1. The number of amides is 1. The van der Waals surface area contributed by atoms with Crippen molar-refractivity contribution >= 4 is 27.8 Å². The van der Waals surface area contributed by atoms with Crippen molar-refractivity contribution in [1.29, 1.82) is 0 Å². The molecule has 124 valence electrons.